The number of hydrogen-bond acceptors (Lipinski definition) is 3. The molecule has 2 rings (SSSR count). The Balaban J connectivity index is 1.64. The minimum absolute atomic E-state index is 0.475. The van der Waals surface area contributed by atoms with E-state index in [0.717, 1.165) is 25.7 Å². The third kappa shape index (κ3) is 3.67. The second-order valence-corrected chi connectivity index (χ2v) is 5.58. The highest BCUT2D eigenvalue weighted by atomic mass is 16.5. The standard InChI is InChI=1S/C14H28N2O/c1-3-13-6-4-8-16(13)12(2)10-15-11-14-7-5-9-17-14/h12-15H,3-11H2,1-2H3. The lowest BCUT2D eigenvalue weighted by atomic mass is 10.1. The van der Waals surface area contributed by atoms with Crippen LogP contribution in [0.5, 0.6) is 0 Å². The fourth-order valence-corrected chi connectivity index (χ4v) is 3.25. The van der Waals surface area contributed by atoms with Gasteiger partial charge in [0.25, 0.3) is 0 Å². The highest BCUT2D eigenvalue weighted by Gasteiger charge is 2.26. The summed E-state index contributed by atoms with van der Waals surface area (Å²) >= 11 is 0. The topological polar surface area (TPSA) is 24.5 Å². The van der Waals surface area contributed by atoms with Crippen LogP contribution in [0.4, 0.5) is 0 Å². The first kappa shape index (κ1) is 13.3. The molecule has 0 spiro atoms. The summed E-state index contributed by atoms with van der Waals surface area (Å²) in [5.41, 5.74) is 0. The zero-order chi connectivity index (χ0) is 12.1. The third-order valence-corrected chi connectivity index (χ3v) is 4.30. The van der Waals surface area contributed by atoms with E-state index < -0.39 is 0 Å². The van der Waals surface area contributed by atoms with Crippen LogP contribution in [0.2, 0.25) is 0 Å². The van der Waals surface area contributed by atoms with Gasteiger partial charge >= 0.3 is 0 Å². The molecule has 0 aromatic rings. The van der Waals surface area contributed by atoms with Gasteiger partial charge in [-0.1, -0.05) is 6.92 Å². The van der Waals surface area contributed by atoms with Gasteiger partial charge in [0.1, 0.15) is 0 Å². The van der Waals surface area contributed by atoms with Crippen molar-refractivity contribution in [2.45, 2.75) is 64.1 Å². The summed E-state index contributed by atoms with van der Waals surface area (Å²) in [6.07, 6.45) is 7.04. The Morgan fingerprint density at radius 2 is 2.24 bits per heavy atom. The maximum Gasteiger partial charge on any atom is 0.0700 e. The second kappa shape index (κ2) is 6.72. The summed E-state index contributed by atoms with van der Waals surface area (Å²) in [4.78, 5) is 2.68. The fraction of sp³-hybridized carbons (Fsp3) is 1.00. The number of nitrogens with zero attached hydrogens (tertiary/aromatic N) is 1. The minimum Gasteiger partial charge on any atom is -0.377 e. The van der Waals surface area contributed by atoms with Crippen LogP contribution in [-0.4, -0.2) is 49.3 Å². The first-order valence-electron chi connectivity index (χ1n) is 7.39. The Kier molecular flexibility index (Phi) is 5.26. The van der Waals surface area contributed by atoms with Crippen molar-refractivity contribution in [3.05, 3.63) is 0 Å². The number of hydrogen-bond donors (Lipinski definition) is 1. The molecule has 0 aromatic heterocycles. The van der Waals surface area contributed by atoms with E-state index in [9.17, 15) is 0 Å². The van der Waals surface area contributed by atoms with Gasteiger partial charge in [-0.25, -0.2) is 0 Å². The van der Waals surface area contributed by atoms with Crippen LogP contribution in [0.15, 0.2) is 0 Å². The Hall–Kier alpha value is -0.120. The molecule has 0 aliphatic carbocycles. The fourth-order valence-electron chi connectivity index (χ4n) is 3.25. The molecule has 0 radical (unpaired) electrons. The van der Waals surface area contributed by atoms with Crippen LogP contribution < -0.4 is 5.32 Å². The number of nitrogens with one attached hydrogen (secondary N) is 1. The summed E-state index contributed by atoms with van der Waals surface area (Å²) in [6.45, 7) is 9.07. The molecule has 0 saturated carbocycles. The number of rotatable bonds is 6. The van der Waals surface area contributed by atoms with E-state index in [1.54, 1.807) is 0 Å². The van der Waals surface area contributed by atoms with Crippen molar-refractivity contribution < 1.29 is 4.74 Å². The molecule has 3 unspecified atom stereocenters. The molecule has 3 heteroatoms. The van der Waals surface area contributed by atoms with Crippen molar-refractivity contribution in [2.75, 3.05) is 26.2 Å². The summed E-state index contributed by atoms with van der Waals surface area (Å²) in [6, 6.07) is 1.50. The SMILES string of the molecule is CCC1CCCN1C(C)CNCC1CCCO1. The van der Waals surface area contributed by atoms with Crippen molar-refractivity contribution in [3.8, 4) is 0 Å². The average molecular weight is 240 g/mol. The first-order valence-corrected chi connectivity index (χ1v) is 7.39. The van der Waals surface area contributed by atoms with Crippen LogP contribution in [0.1, 0.15) is 46.0 Å². The van der Waals surface area contributed by atoms with Crippen molar-refractivity contribution in [1.82, 2.24) is 10.2 Å². The molecule has 2 heterocycles. The van der Waals surface area contributed by atoms with Gasteiger partial charge in [-0.2, -0.15) is 0 Å². The second-order valence-electron chi connectivity index (χ2n) is 5.58. The van der Waals surface area contributed by atoms with E-state index in [-0.39, 0.29) is 0 Å². The summed E-state index contributed by atoms with van der Waals surface area (Å²) in [5, 5.41) is 3.58. The van der Waals surface area contributed by atoms with Gasteiger partial charge in [0.15, 0.2) is 0 Å². The monoisotopic (exact) mass is 240 g/mol. The maximum atomic E-state index is 5.63. The normalized spacial score (nSPS) is 32.1. The molecule has 0 bridgehead atoms. The lowest BCUT2D eigenvalue weighted by Gasteiger charge is -2.30. The molecule has 17 heavy (non-hydrogen) atoms. The first-order chi connectivity index (χ1) is 8.31. The van der Waals surface area contributed by atoms with E-state index in [0.29, 0.717) is 12.1 Å². The Labute approximate surface area is 106 Å². The van der Waals surface area contributed by atoms with Crippen molar-refractivity contribution in [3.63, 3.8) is 0 Å². The zero-order valence-corrected chi connectivity index (χ0v) is 11.5. The smallest absolute Gasteiger partial charge is 0.0700 e. The third-order valence-electron chi connectivity index (χ3n) is 4.30. The molecule has 2 aliphatic rings. The van der Waals surface area contributed by atoms with E-state index in [1.165, 1.54) is 38.6 Å². The van der Waals surface area contributed by atoms with E-state index in [1.807, 2.05) is 0 Å². The number of likely N-dealkylation sites (tertiary alicyclic amines) is 1. The quantitative estimate of drug-likeness (QED) is 0.769. The molecule has 2 saturated heterocycles. The van der Waals surface area contributed by atoms with Gasteiger partial charge in [0.05, 0.1) is 6.10 Å². The largest absolute Gasteiger partial charge is 0.377 e. The highest BCUT2D eigenvalue weighted by Crippen LogP contribution is 2.22. The van der Waals surface area contributed by atoms with Crippen LogP contribution in [0.25, 0.3) is 0 Å². The van der Waals surface area contributed by atoms with Gasteiger partial charge in [-0.15, -0.1) is 0 Å². The van der Waals surface area contributed by atoms with Crippen molar-refractivity contribution in [2.24, 2.45) is 0 Å². The molecule has 2 fully saturated rings. The molecule has 0 aromatic carbocycles. The summed E-state index contributed by atoms with van der Waals surface area (Å²) in [7, 11) is 0. The molecule has 1 N–H and O–H groups in total. The molecule has 3 nitrogen and oxygen atoms in total. The molecule has 2 aliphatic heterocycles. The van der Waals surface area contributed by atoms with Gasteiger partial charge in [0.2, 0.25) is 0 Å². The van der Waals surface area contributed by atoms with E-state index in [4.69, 9.17) is 4.74 Å². The Morgan fingerprint density at radius 3 is 2.94 bits per heavy atom. The predicted molar refractivity (Wildman–Crippen MR) is 71.3 cm³/mol. The maximum absolute atomic E-state index is 5.63. The molecular weight excluding hydrogens is 212 g/mol. The molecule has 0 amide bonds. The zero-order valence-electron chi connectivity index (χ0n) is 11.5. The van der Waals surface area contributed by atoms with Gasteiger partial charge in [-0.3, -0.25) is 4.90 Å². The van der Waals surface area contributed by atoms with Crippen molar-refractivity contribution >= 4 is 0 Å². The Bertz CT molecular complexity index is 216. The molecule has 100 valence electrons. The summed E-state index contributed by atoms with van der Waals surface area (Å²) in [5.74, 6) is 0. The highest BCUT2D eigenvalue weighted by molar-refractivity contribution is 4.83. The van der Waals surface area contributed by atoms with Gasteiger partial charge < -0.3 is 10.1 Å². The number of ether oxygens (including phenoxy) is 1. The van der Waals surface area contributed by atoms with Gasteiger partial charge in [0, 0.05) is 31.8 Å². The van der Waals surface area contributed by atoms with Crippen molar-refractivity contribution in [1.29, 1.82) is 0 Å². The molecule has 3 atom stereocenters. The summed E-state index contributed by atoms with van der Waals surface area (Å²) < 4.78 is 5.63. The average Bonchev–Trinajstić information content (AvgIpc) is 2.99. The van der Waals surface area contributed by atoms with Crippen LogP contribution in [0.3, 0.4) is 0 Å². The van der Waals surface area contributed by atoms with E-state index in [2.05, 4.69) is 24.1 Å². The van der Waals surface area contributed by atoms with Crippen LogP contribution >= 0.6 is 0 Å². The van der Waals surface area contributed by atoms with Crippen LogP contribution in [0, 0.1) is 0 Å². The Morgan fingerprint density at radius 1 is 1.35 bits per heavy atom. The predicted octanol–water partition coefficient (Wildman–Crippen LogP) is 2.02. The van der Waals surface area contributed by atoms with E-state index >= 15 is 0 Å². The molecular formula is C14H28N2O. The van der Waals surface area contributed by atoms with Crippen LogP contribution in [-0.2, 0) is 4.74 Å². The minimum atomic E-state index is 0.475. The lowest BCUT2D eigenvalue weighted by Crippen LogP contribution is -2.44. The van der Waals surface area contributed by atoms with Gasteiger partial charge in [-0.05, 0) is 45.6 Å². The lowest BCUT2D eigenvalue weighted by molar-refractivity contribution is 0.106.